The molecule has 0 saturated carbocycles. The maximum atomic E-state index is 6.04. The summed E-state index contributed by atoms with van der Waals surface area (Å²) < 4.78 is 5.16. The Hall–Kier alpha value is -2.33. The normalized spacial score (nSPS) is 10.7. The highest BCUT2D eigenvalue weighted by Crippen LogP contribution is 2.37. The molecule has 0 fully saturated rings. The molecule has 1 aromatic carbocycles. The molecule has 0 amide bonds. The van der Waals surface area contributed by atoms with Crippen molar-refractivity contribution >= 4 is 17.5 Å². The Kier molecular flexibility index (Phi) is 3.16. The van der Waals surface area contributed by atoms with E-state index in [1.807, 2.05) is 43.3 Å². The molecular formula is C15H12ClN3O. The van der Waals surface area contributed by atoms with Gasteiger partial charge in [0, 0.05) is 22.5 Å². The largest absolute Gasteiger partial charge is 0.367 e. The lowest BCUT2D eigenvalue weighted by Gasteiger charge is -2.05. The van der Waals surface area contributed by atoms with Crippen molar-refractivity contribution in [2.45, 2.75) is 6.92 Å². The molecular weight excluding hydrogens is 274 g/mol. The first-order valence-corrected chi connectivity index (χ1v) is 6.47. The topological polar surface area (TPSA) is 64.9 Å². The number of rotatable bonds is 2. The summed E-state index contributed by atoms with van der Waals surface area (Å²) in [6, 6.07) is 11.2. The third-order valence-corrected chi connectivity index (χ3v) is 3.33. The van der Waals surface area contributed by atoms with Gasteiger partial charge in [-0.3, -0.25) is 4.98 Å². The highest BCUT2D eigenvalue weighted by molar-refractivity contribution is 6.30. The predicted molar refractivity (Wildman–Crippen MR) is 79.3 cm³/mol. The van der Waals surface area contributed by atoms with E-state index in [0.717, 1.165) is 22.4 Å². The number of nitrogens with zero attached hydrogens (tertiary/aromatic N) is 2. The maximum Gasteiger partial charge on any atom is 0.230 e. The summed E-state index contributed by atoms with van der Waals surface area (Å²) in [6.07, 6.45) is 1.74. The van der Waals surface area contributed by atoms with Gasteiger partial charge in [0.2, 0.25) is 5.88 Å². The predicted octanol–water partition coefficient (Wildman–Crippen LogP) is 3.95. The Morgan fingerprint density at radius 1 is 1.20 bits per heavy atom. The number of hydrogen-bond donors (Lipinski definition) is 1. The molecule has 0 aliphatic heterocycles. The molecule has 20 heavy (non-hydrogen) atoms. The molecule has 0 aliphatic carbocycles. The van der Waals surface area contributed by atoms with Crippen LogP contribution in [0.25, 0.3) is 22.4 Å². The summed E-state index contributed by atoms with van der Waals surface area (Å²) in [5.74, 6) is 0.269. The van der Waals surface area contributed by atoms with Gasteiger partial charge in [0.1, 0.15) is 5.69 Å². The molecule has 0 saturated heterocycles. The third kappa shape index (κ3) is 2.14. The first-order chi connectivity index (χ1) is 9.66. The second-order valence-electron chi connectivity index (χ2n) is 4.42. The average molecular weight is 286 g/mol. The number of aromatic nitrogens is 2. The molecule has 2 N–H and O–H groups in total. The van der Waals surface area contributed by atoms with E-state index < -0.39 is 0 Å². The van der Waals surface area contributed by atoms with Gasteiger partial charge in [0.15, 0.2) is 0 Å². The van der Waals surface area contributed by atoms with Gasteiger partial charge in [-0.2, -0.15) is 0 Å². The number of nitrogen functional groups attached to an aromatic ring is 1. The smallest absolute Gasteiger partial charge is 0.230 e. The van der Waals surface area contributed by atoms with Crippen LogP contribution in [0.15, 0.2) is 47.1 Å². The van der Waals surface area contributed by atoms with Crippen LogP contribution in [0, 0.1) is 6.92 Å². The Bertz CT molecular complexity index is 767. The van der Waals surface area contributed by atoms with Crippen molar-refractivity contribution in [3.05, 3.63) is 53.3 Å². The first-order valence-electron chi connectivity index (χ1n) is 6.10. The van der Waals surface area contributed by atoms with Crippen molar-refractivity contribution in [1.29, 1.82) is 0 Å². The number of benzene rings is 1. The monoisotopic (exact) mass is 285 g/mol. The molecule has 5 heteroatoms. The van der Waals surface area contributed by atoms with Gasteiger partial charge < -0.3 is 10.3 Å². The molecule has 0 aliphatic rings. The van der Waals surface area contributed by atoms with Crippen LogP contribution in [-0.2, 0) is 0 Å². The Morgan fingerprint density at radius 3 is 2.80 bits per heavy atom. The van der Waals surface area contributed by atoms with E-state index in [1.165, 1.54) is 0 Å². The first kappa shape index (κ1) is 12.7. The lowest BCUT2D eigenvalue weighted by atomic mass is 10.0. The zero-order valence-electron chi connectivity index (χ0n) is 10.8. The van der Waals surface area contributed by atoms with Crippen LogP contribution in [0.1, 0.15) is 5.69 Å². The van der Waals surface area contributed by atoms with Gasteiger partial charge in [0.05, 0.1) is 5.56 Å². The Labute approximate surface area is 121 Å². The van der Waals surface area contributed by atoms with Gasteiger partial charge in [-0.1, -0.05) is 28.9 Å². The van der Waals surface area contributed by atoms with E-state index in [4.69, 9.17) is 21.9 Å². The van der Waals surface area contributed by atoms with Crippen molar-refractivity contribution in [3.63, 3.8) is 0 Å². The van der Waals surface area contributed by atoms with Gasteiger partial charge in [-0.15, -0.1) is 0 Å². The quantitative estimate of drug-likeness (QED) is 0.774. The van der Waals surface area contributed by atoms with Crippen molar-refractivity contribution in [2.24, 2.45) is 0 Å². The average Bonchev–Trinajstić information content (AvgIpc) is 2.81. The molecule has 3 rings (SSSR count). The molecule has 0 radical (unpaired) electrons. The zero-order valence-corrected chi connectivity index (χ0v) is 11.6. The van der Waals surface area contributed by atoms with E-state index in [2.05, 4.69) is 10.1 Å². The summed E-state index contributed by atoms with van der Waals surface area (Å²) in [4.78, 5) is 4.27. The number of pyridine rings is 1. The molecule has 2 heterocycles. The Morgan fingerprint density at radius 2 is 2.05 bits per heavy atom. The molecule has 0 spiro atoms. The molecule has 0 atom stereocenters. The Balaban J connectivity index is 2.23. The van der Waals surface area contributed by atoms with Crippen LogP contribution >= 0.6 is 11.6 Å². The molecule has 2 aromatic heterocycles. The van der Waals surface area contributed by atoms with Gasteiger partial charge in [-0.05, 0) is 36.8 Å². The highest BCUT2D eigenvalue weighted by Gasteiger charge is 2.19. The van der Waals surface area contributed by atoms with Crippen LogP contribution in [0.3, 0.4) is 0 Å². The van der Waals surface area contributed by atoms with E-state index in [0.29, 0.717) is 10.7 Å². The van der Waals surface area contributed by atoms with Crippen LogP contribution in [0.4, 0.5) is 5.88 Å². The SMILES string of the molecule is Cc1ncccc1-c1noc(N)c1-c1cccc(Cl)c1. The molecule has 0 bridgehead atoms. The van der Waals surface area contributed by atoms with Gasteiger partial charge in [0.25, 0.3) is 0 Å². The number of halogens is 1. The molecule has 100 valence electrons. The summed E-state index contributed by atoms with van der Waals surface area (Å²) in [5, 5.41) is 4.71. The number of aryl methyl sites for hydroxylation is 1. The van der Waals surface area contributed by atoms with E-state index in [-0.39, 0.29) is 5.88 Å². The summed E-state index contributed by atoms with van der Waals surface area (Å²) >= 11 is 6.04. The summed E-state index contributed by atoms with van der Waals surface area (Å²) in [6.45, 7) is 1.92. The van der Waals surface area contributed by atoms with Crippen LogP contribution in [-0.4, -0.2) is 10.1 Å². The lowest BCUT2D eigenvalue weighted by Crippen LogP contribution is -1.91. The van der Waals surface area contributed by atoms with Crippen LogP contribution in [0.2, 0.25) is 5.02 Å². The standard InChI is InChI=1S/C15H12ClN3O/c1-9-12(6-3-7-18-9)14-13(15(17)20-19-14)10-4-2-5-11(16)8-10/h2-8H,17H2,1H3. The minimum absolute atomic E-state index is 0.269. The van der Waals surface area contributed by atoms with Gasteiger partial charge in [-0.25, -0.2) is 0 Å². The maximum absolute atomic E-state index is 6.04. The summed E-state index contributed by atoms with van der Waals surface area (Å²) in [7, 11) is 0. The van der Waals surface area contributed by atoms with Crippen molar-refractivity contribution < 1.29 is 4.52 Å². The fourth-order valence-electron chi connectivity index (χ4n) is 2.14. The van der Waals surface area contributed by atoms with Crippen molar-refractivity contribution in [1.82, 2.24) is 10.1 Å². The van der Waals surface area contributed by atoms with E-state index >= 15 is 0 Å². The van der Waals surface area contributed by atoms with Gasteiger partial charge >= 0.3 is 0 Å². The lowest BCUT2D eigenvalue weighted by molar-refractivity contribution is 0.439. The van der Waals surface area contributed by atoms with Crippen molar-refractivity contribution in [3.8, 4) is 22.4 Å². The number of nitrogens with two attached hydrogens (primary N) is 1. The zero-order chi connectivity index (χ0) is 14.1. The van der Waals surface area contributed by atoms with Crippen LogP contribution in [0.5, 0.6) is 0 Å². The number of hydrogen-bond acceptors (Lipinski definition) is 4. The summed E-state index contributed by atoms with van der Waals surface area (Å²) in [5.41, 5.74) is 9.96. The fraction of sp³-hybridized carbons (Fsp3) is 0.0667. The molecule has 3 aromatic rings. The highest BCUT2D eigenvalue weighted by atomic mass is 35.5. The minimum Gasteiger partial charge on any atom is -0.367 e. The third-order valence-electron chi connectivity index (χ3n) is 3.09. The fourth-order valence-corrected chi connectivity index (χ4v) is 2.33. The minimum atomic E-state index is 0.269. The van der Waals surface area contributed by atoms with Crippen molar-refractivity contribution in [2.75, 3.05) is 5.73 Å². The second-order valence-corrected chi connectivity index (χ2v) is 4.85. The molecule has 0 unspecified atom stereocenters. The van der Waals surface area contributed by atoms with E-state index in [1.54, 1.807) is 6.20 Å². The molecule has 4 nitrogen and oxygen atoms in total. The van der Waals surface area contributed by atoms with E-state index in [9.17, 15) is 0 Å². The number of anilines is 1. The second kappa shape index (κ2) is 4.98. The van der Waals surface area contributed by atoms with Crippen LogP contribution < -0.4 is 5.73 Å².